The van der Waals surface area contributed by atoms with E-state index >= 15 is 0 Å². The second-order valence-electron chi connectivity index (χ2n) is 4.50. The lowest BCUT2D eigenvalue weighted by Crippen LogP contribution is -2.44. The number of halogens is 1. The van der Waals surface area contributed by atoms with Gasteiger partial charge in [-0.25, -0.2) is 0 Å². The summed E-state index contributed by atoms with van der Waals surface area (Å²) in [4.78, 5) is 11.9. The van der Waals surface area contributed by atoms with Gasteiger partial charge in [-0.05, 0) is 47.5 Å². The molecule has 2 bridgehead atoms. The van der Waals surface area contributed by atoms with E-state index in [1.807, 2.05) is 4.57 Å². The number of piperidine rings is 1. The van der Waals surface area contributed by atoms with Crippen LogP contribution in [0.1, 0.15) is 18.0 Å². The lowest BCUT2D eigenvalue weighted by Gasteiger charge is -2.37. The van der Waals surface area contributed by atoms with E-state index in [0.717, 1.165) is 23.2 Å². The zero-order valence-corrected chi connectivity index (χ0v) is 10.5. The van der Waals surface area contributed by atoms with Crippen molar-refractivity contribution in [2.24, 2.45) is 5.92 Å². The summed E-state index contributed by atoms with van der Waals surface area (Å²) >= 11 is 2.23. The van der Waals surface area contributed by atoms with Crippen molar-refractivity contribution in [3.63, 3.8) is 0 Å². The highest BCUT2D eigenvalue weighted by Crippen LogP contribution is 2.32. The summed E-state index contributed by atoms with van der Waals surface area (Å²) in [6, 6.07) is 3.90. The number of nitrogens with zero attached hydrogens (tertiary/aromatic N) is 1. The molecule has 0 spiro atoms. The van der Waals surface area contributed by atoms with Gasteiger partial charge in [0.05, 0.1) is 0 Å². The second-order valence-corrected chi connectivity index (χ2v) is 5.75. The molecule has 1 N–H and O–H groups in total. The van der Waals surface area contributed by atoms with Crippen molar-refractivity contribution in [3.05, 3.63) is 31.8 Å². The van der Waals surface area contributed by atoms with Crippen LogP contribution < -0.4 is 10.9 Å². The number of nitrogens with one attached hydrogen (secondary N) is 1. The molecule has 1 unspecified atom stereocenters. The molecule has 15 heavy (non-hydrogen) atoms. The van der Waals surface area contributed by atoms with E-state index in [-0.39, 0.29) is 5.56 Å². The summed E-state index contributed by atoms with van der Waals surface area (Å²) in [6.07, 6.45) is 1.24. The monoisotopic (exact) mass is 316 g/mol. The van der Waals surface area contributed by atoms with Crippen molar-refractivity contribution in [2.75, 3.05) is 13.1 Å². The van der Waals surface area contributed by atoms with Gasteiger partial charge in [0.1, 0.15) is 0 Å². The molecular formula is C11H13IN2O. The molecule has 4 heteroatoms. The maximum Gasteiger partial charge on any atom is 0.251 e. The van der Waals surface area contributed by atoms with Crippen molar-refractivity contribution in [1.82, 2.24) is 9.88 Å². The molecule has 0 radical (unpaired) electrons. The Kier molecular flexibility index (Phi) is 2.35. The summed E-state index contributed by atoms with van der Waals surface area (Å²) in [5.41, 5.74) is 1.41. The molecule has 3 heterocycles. The summed E-state index contributed by atoms with van der Waals surface area (Å²) < 4.78 is 3.04. The number of hydrogen-bond donors (Lipinski definition) is 1. The van der Waals surface area contributed by atoms with Crippen LogP contribution in [0.2, 0.25) is 0 Å². The molecule has 0 aliphatic carbocycles. The average molecular weight is 316 g/mol. The Labute approximate surface area is 102 Å². The van der Waals surface area contributed by atoms with Crippen LogP contribution in [-0.2, 0) is 6.54 Å². The van der Waals surface area contributed by atoms with Crippen molar-refractivity contribution in [2.45, 2.75) is 18.9 Å². The standard InChI is InChI=1S/C11H13IN2O/c12-9-2-10-8-1-7(4-13-5-8)6-14(10)11(15)3-9/h2-3,7-8,13H,1,4-6H2/t7?,8-/m0/s1. The maximum absolute atomic E-state index is 11.9. The molecule has 1 fully saturated rings. The third-order valence-corrected chi connectivity index (χ3v) is 4.05. The highest BCUT2D eigenvalue weighted by molar-refractivity contribution is 14.1. The fraction of sp³-hybridized carbons (Fsp3) is 0.545. The van der Waals surface area contributed by atoms with Crippen molar-refractivity contribution in [1.29, 1.82) is 0 Å². The normalized spacial score (nSPS) is 28.6. The van der Waals surface area contributed by atoms with Crippen LogP contribution in [0, 0.1) is 9.49 Å². The lowest BCUT2D eigenvalue weighted by molar-refractivity contribution is 0.257. The van der Waals surface area contributed by atoms with Gasteiger partial charge in [-0.15, -0.1) is 0 Å². The molecule has 1 aromatic heterocycles. The molecule has 80 valence electrons. The third-order valence-electron chi connectivity index (χ3n) is 3.43. The average Bonchev–Trinajstić information content (AvgIpc) is 2.21. The van der Waals surface area contributed by atoms with Crippen LogP contribution >= 0.6 is 22.6 Å². The van der Waals surface area contributed by atoms with Crippen molar-refractivity contribution >= 4 is 22.6 Å². The van der Waals surface area contributed by atoms with Crippen LogP contribution in [0.15, 0.2) is 16.9 Å². The van der Waals surface area contributed by atoms with Crippen molar-refractivity contribution in [3.8, 4) is 0 Å². The fourth-order valence-electron chi connectivity index (χ4n) is 2.77. The topological polar surface area (TPSA) is 34.0 Å². The molecule has 3 nitrogen and oxygen atoms in total. The molecule has 3 rings (SSSR count). The molecule has 1 saturated heterocycles. The molecule has 2 aliphatic heterocycles. The molecule has 1 aromatic rings. The first-order valence-electron chi connectivity index (χ1n) is 5.35. The SMILES string of the molecule is O=c1cc(I)cc2n1CC1CNC[C@@H]2C1. The zero-order chi connectivity index (χ0) is 10.4. The minimum absolute atomic E-state index is 0.175. The number of hydrogen-bond acceptors (Lipinski definition) is 2. The molecule has 2 atom stereocenters. The Bertz CT molecular complexity index is 454. The first-order chi connectivity index (χ1) is 7.24. The molecule has 0 saturated carbocycles. The van der Waals surface area contributed by atoms with E-state index in [4.69, 9.17) is 0 Å². The largest absolute Gasteiger partial charge is 0.316 e. The summed E-state index contributed by atoms with van der Waals surface area (Å²) in [5.74, 6) is 1.19. The molecule has 0 aromatic carbocycles. The minimum Gasteiger partial charge on any atom is -0.316 e. The predicted molar refractivity (Wildman–Crippen MR) is 67.1 cm³/mol. The quantitative estimate of drug-likeness (QED) is 0.729. The first kappa shape index (κ1) is 9.84. The van der Waals surface area contributed by atoms with E-state index in [1.54, 1.807) is 6.07 Å². The summed E-state index contributed by atoms with van der Waals surface area (Å²) in [5, 5.41) is 3.45. The molecule has 0 amide bonds. The van der Waals surface area contributed by atoms with Crippen LogP contribution in [0.25, 0.3) is 0 Å². The fourth-order valence-corrected chi connectivity index (χ4v) is 3.36. The van der Waals surface area contributed by atoms with E-state index in [2.05, 4.69) is 34.0 Å². The molecule has 2 aliphatic rings. The number of aromatic nitrogens is 1. The van der Waals surface area contributed by atoms with Crippen LogP contribution in [-0.4, -0.2) is 17.7 Å². The lowest BCUT2D eigenvalue weighted by atomic mass is 9.84. The Balaban J connectivity index is 2.17. The minimum atomic E-state index is 0.175. The smallest absolute Gasteiger partial charge is 0.251 e. The van der Waals surface area contributed by atoms with E-state index in [9.17, 15) is 4.79 Å². The number of fused-ring (bicyclic) bond motifs is 4. The number of rotatable bonds is 0. The highest BCUT2D eigenvalue weighted by atomic mass is 127. The summed E-state index contributed by atoms with van der Waals surface area (Å²) in [7, 11) is 0. The van der Waals surface area contributed by atoms with Crippen LogP contribution in [0.5, 0.6) is 0 Å². The number of pyridine rings is 1. The maximum atomic E-state index is 11.9. The van der Waals surface area contributed by atoms with Gasteiger partial charge in [-0.3, -0.25) is 4.79 Å². The Morgan fingerprint density at radius 3 is 3.13 bits per heavy atom. The predicted octanol–water partition coefficient (Wildman–Crippen LogP) is 1.16. The Hall–Kier alpha value is -0.360. The van der Waals surface area contributed by atoms with Gasteiger partial charge in [-0.1, -0.05) is 0 Å². The van der Waals surface area contributed by atoms with E-state index in [0.29, 0.717) is 11.8 Å². The summed E-state index contributed by atoms with van der Waals surface area (Å²) in [6.45, 7) is 2.99. The van der Waals surface area contributed by atoms with Crippen molar-refractivity contribution < 1.29 is 0 Å². The van der Waals surface area contributed by atoms with Gasteiger partial charge in [-0.2, -0.15) is 0 Å². The van der Waals surface area contributed by atoms with Crippen LogP contribution in [0.3, 0.4) is 0 Å². The van der Waals surface area contributed by atoms with E-state index < -0.39 is 0 Å². The third kappa shape index (κ3) is 1.63. The second kappa shape index (κ2) is 3.59. The Morgan fingerprint density at radius 1 is 1.40 bits per heavy atom. The van der Waals surface area contributed by atoms with Crippen LogP contribution in [0.4, 0.5) is 0 Å². The van der Waals surface area contributed by atoms with Gasteiger partial charge in [0.15, 0.2) is 0 Å². The van der Waals surface area contributed by atoms with Gasteiger partial charge in [0.2, 0.25) is 0 Å². The van der Waals surface area contributed by atoms with Gasteiger partial charge < -0.3 is 9.88 Å². The molecular weight excluding hydrogens is 303 g/mol. The highest BCUT2D eigenvalue weighted by Gasteiger charge is 2.30. The van der Waals surface area contributed by atoms with E-state index in [1.165, 1.54) is 12.1 Å². The van der Waals surface area contributed by atoms with Gasteiger partial charge in [0, 0.05) is 34.3 Å². The zero-order valence-electron chi connectivity index (χ0n) is 8.37. The first-order valence-corrected chi connectivity index (χ1v) is 6.43. The van der Waals surface area contributed by atoms with Gasteiger partial charge >= 0.3 is 0 Å². The Morgan fingerprint density at radius 2 is 2.27 bits per heavy atom. The van der Waals surface area contributed by atoms with Gasteiger partial charge in [0.25, 0.3) is 5.56 Å².